The van der Waals surface area contributed by atoms with Crippen LogP contribution in [0.15, 0.2) is 80.4 Å². The van der Waals surface area contributed by atoms with E-state index < -0.39 is 5.63 Å². The second kappa shape index (κ2) is 8.09. The molecule has 0 unspecified atom stereocenters. The molecule has 0 spiro atoms. The van der Waals surface area contributed by atoms with Crippen molar-refractivity contribution in [1.82, 2.24) is 0 Å². The molecule has 0 fully saturated rings. The summed E-state index contributed by atoms with van der Waals surface area (Å²) < 4.78 is 30.9. The van der Waals surface area contributed by atoms with Crippen LogP contribution in [0.1, 0.15) is 5.56 Å². The lowest BCUT2D eigenvalue weighted by Crippen LogP contribution is -2.00. The standard InChI is InChI=1S/C23H16BrFO4/c1-27-17-6-3-14(4-7-17)20-12-23(26)29-22-11-18(8-9-19(20)22)28-13-15-2-5-16(24)10-21(15)25/h2-12H,13H2,1H3. The predicted octanol–water partition coefficient (Wildman–Crippen LogP) is 5.95. The van der Waals surface area contributed by atoms with Crippen molar-refractivity contribution in [2.24, 2.45) is 0 Å². The summed E-state index contributed by atoms with van der Waals surface area (Å²) in [7, 11) is 1.60. The Bertz CT molecular complexity index is 1230. The molecule has 0 N–H and O–H groups in total. The van der Waals surface area contributed by atoms with Crippen molar-refractivity contribution < 1.29 is 18.3 Å². The molecule has 1 heterocycles. The maximum Gasteiger partial charge on any atom is 0.336 e. The molecule has 29 heavy (non-hydrogen) atoms. The molecule has 0 bridgehead atoms. The van der Waals surface area contributed by atoms with E-state index in [0.29, 0.717) is 21.4 Å². The van der Waals surface area contributed by atoms with E-state index in [1.807, 2.05) is 30.3 Å². The monoisotopic (exact) mass is 454 g/mol. The summed E-state index contributed by atoms with van der Waals surface area (Å²) >= 11 is 3.23. The first-order valence-electron chi connectivity index (χ1n) is 8.82. The summed E-state index contributed by atoms with van der Waals surface area (Å²) in [4.78, 5) is 12.1. The lowest BCUT2D eigenvalue weighted by Gasteiger charge is -2.10. The van der Waals surface area contributed by atoms with Crippen LogP contribution in [0.3, 0.4) is 0 Å². The van der Waals surface area contributed by atoms with E-state index in [2.05, 4.69) is 15.9 Å². The molecular formula is C23H16BrFO4. The fourth-order valence-corrected chi connectivity index (χ4v) is 3.38. The van der Waals surface area contributed by atoms with Crippen molar-refractivity contribution in [2.45, 2.75) is 6.61 Å². The normalized spacial score (nSPS) is 10.9. The van der Waals surface area contributed by atoms with Gasteiger partial charge in [-0.3, -0.25) is 0 Å². The van der Waals surface area contributed by atoms with Crippen molar-refractivity contribution in [3.8, 4) is 22.6 Å². The average molecular weight is 455 g/mol. The largest absolute Gasteiger partial charge is 0.497 e. The minimum atomic E-state index is -0.459. The van der Waals surface area contributed by atoms with Gasteiger partial charge in [0.25, 0.3) is 0 Å². The Morgan fingerprint density at radius 1 is 0.966 bits per heavy atom. The minimum Gasteiger partial charge on any atom is -0.497 e. The number of benzene rings is 3. The first kappa shape index (κ1) is 19.2. The van der Waals surface area contributed by atoms with Crippen molar-refractivity contribution in [3.05, 3.63) is 93.0 Å². The van der Waals surface area contributed by atoms with Gasteiger partial charge in [-0.25, -0.2) is 9.18 Å². The maximum atomic E-state index is 14.0. The SMILES string of the molecule is COc1ccc(-c2cc(=O)oc3cc(OCc4ccc(Br)cc4F)ccc23)cc1. The van der Waals surface area contributed by atoms with Crippen LogP contribution in [0.4, 0.5) is 4.39 Å². The average Bonchev–Trinajstić information content (AvgIpc) is 2.72. The van der Waals surface area contributed by atoms with E-state index in [1.54, 1.807) is 31.4 Å². The summed E-state index contributed by atoms with van der Waals surface area (Å²) in [5.41, 5.74) is 2.00. The Hall–Kier alpha value is -3.12. The summed E-state index contributed by atoms with van der Waals surface area (Å²) in [5.74, 6) is 0.861. The van der Waals surface area contributed by atoms with E-state index >= 15 is 0 Å². The van der Waals surface area contributed by atoms with E-state index in [-0.39, 0.29) is 12.4 Å². The number of ether oxygens (including phenoxy) is 2. The molecule has 0 radical (unpaired) electrons. The highest BCUT2D eigenvalue weighted by Gasteiger charge is 2.10. The third-order valence-corrected chi connectivity index (χ3v) is 5.02. The molecule has 0 aliphatic carbocycles. The van der Waals surface area contributed by atoms with Crippen LogP contribution < -0.4 is 15.1 Å². The summed E-state index contributed by atoms with van der Waals surface area (Å²) in [6.07, 6.45) is 0. The third-order valence-electron chi connectivity index (χ3n) is 4.53. The second-order valence-electron chi connectivity index (χ2n) is 6.39. The van der Waals surface area contributed by atoms with E-state index in [1.165, 1.54) is 12.1 Å². The Morgan fingerprint density at radius 3 is 2.45 bits per heavy atom. The van der Waals surface area contributed by atoms with Gasteiger partial charge in [0, 0.05) is 27.6 Å². The highest BCUT2D eigenvalue weighted by Crippen LogP contribution is 2.31. The van der Waals surface area contributed by atoms with Crippen molar-refractivity contribution >= 4 is 26.9 Å². The van der Waals surface area contributed by atoms with Gasteiger partial charge >= 0.3 is 5.63 Å². The lowest BCUT2D eigenvalue weighted by molar-refractivity contribution is 0.299. The van der Waals surface area contributed by atoms with E-state index in [4.69, 9.17) is 13.9 Å². The molecule has 0 saturated carbocycles. The van der Waals surface area contributed by atoms with Crippen molar-refractivity contribution in [3.63, 3.8) is 0 Å². The molecule has 0 amide bonds. The van der Waals surface area contributed by atoms with Gasteiger partial charge in [-0.1, -0.05) is 34.1 Å². The molecular weight excluding hydrogens is 439 g/mol. The number of hydrogen-bond donors (Lipinski definition) is 0. The zero-order valence-corrected chi connectivity index (χ0v) is 17.0. The minimum absolute atomic E-state index is 0.0625. The molecule has 6 heteroatoms. The van der Waals surface area contributed by atoms with Gasteiger partial charge in [0.05, 0.1) is 7.11 Å². The quantitative estimate of drug-likeness (QED) is 0.349. The first-order chi connectivity index (χ1) is 14.0. The third kappa shape index (κ3) is 4.17. The van der Waals surface area contributed by atoms with Gasteiger partial charge in [-0.2, -0.15) is 0 Å². The van der Waals surface area contributed by atoms with E-state index in [0.717, 1.165) is 22.3 Å². The van der Waals surface area contributed by atoms with Gasteiger partial charge in [0.15, 0.2) is 0 Å². The lowest BCUT2D eigenvalue weighted by atomic mass is 10.0. The van der Waals surface area contributed by atoms with Crippen LogP contribution in [0, 0.1) is 5.82 Å². The van der Waals surface area contributed by atoms with Crippen LogP contribution in [0.25, 0.3) is 22.1 Å². The van der Waals surface area contributed by atoms with E-state index in [9.17, 15) is 9.18 Å². The van der Waals surface area contributed by atoms with Gasteiger partial charge in [0.2, 0.25) is 0 Å². The zero-order chi connectivity index (χ0) is 20.4. The number of methoxy groups -OCH3 is 1. The highest BCUT2D eigenvalue weighted by atomic mass is 79.9. The van der Waals surface area contributed by atoms with Gasteiger partial charge in [-0.05, 0) is 47.5 Å². The molecule has 4 nitrogen and oxygen atoms in total. The van der Waals surface area contributed by atoms with Gasteiger partial charge in [-0.15, -0.1) is 0 Å². The molecule has 0 saturated heterocycles. The molecule has 3 aromatic carbocycles. The fourth-order valence-electron chi connectivity index (χ4n) is 3.04. The van der Waals surface area contributed by atoms with Crippen LogP contribution in [-0.4, -0.2) is 7.11 Å². The van der Waals surface area contributed by atoms with Gasteiger partial charge < -0.3 is 13.9 Å². The molecule has 1 aromatic heterocycles. The van der Waals surface area contributed by atoms with Crippen molar-refractivity contribution in [2.75, 3.05) is 7.11 Å². The second-order valence-corrected chi connectivity index (χ2v) is 7.31. The summed E-state index contributed by atoms with van der Waals surface area (Å²) in [6.45, 7) is 0.0625. The highest BCUT2D eigenvalue weighted by molar-refractivity contribution is 9.10. The molecule has 0 aliphatic heterocycles. The molecule has 0 aliphatic rings. The fraction of sp³-hybridized carbons (Fsp3) is 0.0870. The smallest absolute Gasteiger partial charge is 0.336 e. The summed E-state index contributed by atoms with van der Waals surface area (Å²) in [6, 6.07) is 18.9. The maximum absolute atomic E-state index is 14.0. The number of halogens is 2. The molecule has 0 atom stereocenters. The van der Waals surface area contributed by atoms with Crippen molar-refractivity contribution in [1.29, 1.82) is 0 Å². The van der Waals surface area contributed by atoms with Gasteiger partial charge in [0.1, 0.15) is 29.5 Å². The Kier molecular flexibility index (Phi) is 5.36. The molecule has 4 rings (SSSR count). The Morgan fingerprint density at radius 2 is 1.72 bits per heavy atom. The van der Waals surface area contributed by atoms with Crippen LogP contribution in [-0.2, 0) is 6.61 Å². The summed E-state index contributed by atoms with van der Waals surface area (Å²) in [5, 5.41) is 0.775. The molecule has 146 valence electrons. The number of fused-ring (bicyclic) bond motifs is 1. The van der Waals surface area contributed by atoms with Crippen LogP contribution >= 0.6 is 15.9 Å². The molecule has 4 aromatic rings. The van der Waals surface area contributed by atoms with Crippen LogP contribution in [0.2, 0.25) is 0 Å². The number of hydrogen-bond acceptors (Lipinski definition) is 4. The predicted molar refractivity (Wildman–Crippen MR) is 113 cm³/mol. The zero-order valence-electron chi connectivity index (χ0n) is 15.4. The Balaban J connectivity index is 1.66. The Labute approximate surface area is 174 Å². The number of rotatable bonds is 5. The van der Waals surface area contributed by atoms with Crippen LogP contribution in [0.5, 0.6) is 11.5 Å². The first-order valence-corrected chi connectivity index (χ1v) is 9.62. The topological polar surface area (TPSA) is 48.7 Å².